The van der Waals surface area contributed by atoms with Gasteiger partial charge in [-0.1, -0.05) is 51.3 Å². The fourth-order valence-electron chi connectivity index (χ4n) is 3.43. The molecule has 0 spiro atoms. The van der Waals surface area contributed by atoms with Gasteiger partial charge in [0, 0.05) is 5.56 Å². The van der Waals surface area contributed by atoms with Gasteiger partial charge in [-0.05, 0) is 37.3 Å². The summed E-state index contributed by atoms with van der Waals surface area (Å²) < 4.78 is 0. The van der Waals surface area contributed by atoms with Gasteiger partial charge in [0.1, 0.15) is 11.6 Å². The van der Waals surface area contributed by atoms with Crippen molar-refractivity contribution in [2.45, 2.75) is 64.0 Å². The van der Waals surface area contributed by atoms with Crippen LogP contribution in [-0.2, 0) is 9.59 Å². The lowest BCUT2D eigenvalue weighted by Gasteiger charge is -2.37. The summed E-state index contributed by atoms with van der Waals surface area (Å²) in [5.74, 6) is -1.61. The molecule has 0 bridgehead atoms. The van der Waals surface area contributed by atoms with E-state index in [1.54, 1.807) is 24.3 Å². The number of amides is 2. The predicted octanol–water partition coefficient (Wildman–Crippen LogP) is 2.73. The summed E-state index contributed by atoms with van der Waals surface area (Å²) in [7, 11) is 0. The van der Waals surface area contributed by atoms with E-state index in [1.165, 1.54) is 0 Å². The second-order valence-corrected chi connectivity index (χ2v) is 7.46. The SMILES string of the molecule is CC(C)C[C@H](NC(=O)C1(NC(=O)c2ccccc2)CCCCC1)C(=O)O. The molecule has 0 radical (unpaired) electrons. The third-order valence-electron chi connectivity index (χ3n) is 4.84. The molecule has 0 saturated heterocycles. The number of aliphatic carboxylic acids is 1. The topological polar surface area (TPSA) is 95.5 Å². The lowest BCUT2D eigenvalue weighted by Crippen LogP contribution is -2.62. The Bertz CT molecular complexity index is 636. The van der Waals surface area contributed by atoms with E-state index in [4.69, 9.17) is 0 Å². The molecule has 1 saturated carbocycles. The number of carboxylic acids is 1. The molecule has 142 valence electrons. The Morgan fingerprint density at radius 1 is 1.08 bits per heavy atom. The summed E-state index contributed by atoms with van der Waals surface area (Å²) in [6.45, 7) is 3.82. The summed E-state index contributed by atoms with van der Waals surface area (Å²) in [6.07, 6.45) is 4.04. The van der Waals surface area contributed by atoms with Gasteiger partial charge in [-0.2, -0.15) is 0 Å². The minimum absolute atomic E-state index is 0.137. The summed E-state index contributed by atoms with van der Waals surface area (Å²) in [6, 6.07) is 7.81. The lowest BCUT2D eigenvalue weighted by molar-refractivity contribution is -0.143. The van der Waals surface area contributed by atoms with Gasteiger partial charge < -0.3 is 15.7 Å². The Morgan fingerprint density at radius 2 is 1.69 bits per heavy atom. The van der Waals surface area contributed by atoms with Crippen LogP contribution < -0.4 is 10.6 Å². The van der Waals surface area contributed by atoms with Crippen molar-refractivity contribution in [2.75, 3.05) is 0 Å². The van der Waals surface area contributed by atoms with Crippen molar-refractivity contribution in [3.05, 3.63) is 35.9 Å². The highest BCUT2D eigenvalue weighted by Gasteiger charge is 2.42. The van der Waals surface area contributed by atoms with E-state index >= 15 is 0 Å². The van der Waals surface area contributed by atoms with Crippen LogP contribution in [0.5, 0.6) is 0 Å². The molecule has 1 aromatic rings. The summed E-state index contributed by atoms with van der Waals surface area (Å²) in [5.41, 5.74) is -0.558. The van der Waals surface area contributed by atoms with Crippen molar-refractivity contribution in [1.29, 1.82) is 0 Å². The van der Waals surface area contributed by atoms with Crippen molar-refractivity contribution in [2.24, 2.45) is 5.92 Å². The van der Waals surface area contributed by atoms with Crippen LogP contribution >= 0.6 is 0 Å². The van der Waals surface area contributed by atoms with Gasteiger partial charge >= 0.3 is 5.97 Å². The van der Waals surface area contributed by atoms with Crippen molar-refractivity contribution >= 4 is 17.8 Å². The molecule has 26 heavy (non-hydrogen) atoms. The number of carboxylic acid groups (broad SMARTS) is 1. The van der Waals surface area contributed by atoms with Gasteiger partial charge in [-0.15, -0.1) is 0 Å². The van der Waals surface area contributed by atoms with Gasteiger partial charge in [-0.25, -0.2) is 4.79 Å². The molecule has 1 atom stereocenters. The van der Waals surface area contributed by atoms with Gasteiger partial charge in [0.15, 0.2) is 0 Å². The first kappa shape index (κ1) is 19.9. The van der Waals surface area contributed by atoms with Crippen LogP contribution in [-0.4, -0.2) is 34.5 Å². The monoisotopic (exact) mass is 360 g/mol. The molecule has 6 nitrogen and oxygen atoms in total. The Kier molecular flexibility index (Phi) is 6.77. The molecule has 2 rings (SSSR count). The molecular formula is C20H28N2O4. The molecular weight excluding hydrogens is 332 g/mol. The maximum atomic E-state index is 13.0. The first-order chi connectivity index (χ1) is 12.3. The average Bonchev–Trinajstić information content (AvgIpc) is 2.62. The third-order valence-corrected chi connectivity index (χ3v) is 4.84. The Labute approximate surface area is 154 Å². The van der Waals surface area contributed by atoms with Crippen LogP contribution in [0.4, 0.5) is 0 Å². The molecule has 0 aromatic heterocycles. The summed E-state index contributed by atoms with van der Waals surface area (Å²) in [5, 5.41) is 15.0. The quantitative estimate of drug-likeness (QED) is 0.697. The number of rotatable bonds is 7. The van der Waals surface area contributed by atoms with E-state index in [9.17, 15) is 19.5 Å². The van der Waals surface area contributed by atoms with Crippen molar-refractivity contribution < 1.29 is 19.5 Å². The fraction of sp³-hybridized carbons (Fsp3) is 0.550. The molecule has 1 fully saturated rings. The first-order valence-electron chi connectivity index (χ1n) is 9.25. The summed E-state index contributed by atoms with van der Waals surface area (Å²) in [4.78, 5) is 37.1. The standard InChI is InChI=1S/C20H28N2O4/c1-14(2)13-16(18(24)25)21-19(26)20(11-7-4-8-12-20)22-17(23)15-9-5-3-6-10-15/h3,5-6,9-10,14,16H,4,7-8,11-13H2,1-2H3,(H,21,26)(H,22,23)(H,24,25)/t16-/m0/s1. The van der Waals surface area contributed by atoms with Crippen molar-refractivity contribution in [3.63, 3.8) is 0 Å². The number of hydrogen-bond donors (Lipinski definition) is 3. The van der Waals surface area contributed by atoms with Gasteiger partial charge in [0.2, 0.25) is 5.91 Å². The van der Waals surface area contributed by atoms with Crippen molar-refractivity contribution in [3.8, 4) is 0 Å². The Balaban J connectivity index is 2.18. The van der Waals surface area contributed by atoms with E-state index in [0.717, 1.165) is 19.3 Å². The minimum atomic E-state index is -1.05. The Hall–Kier alpha value is -2.37. The fourth-order valence-corrected chi connectivity index (χ4v) is 3.43. The third kappa shape index (κ3) is 5.07. The highest BCUT2D eigenvalue weighted by atomic mass is 16.4. The van der Waals surface area contributed by atoms with E-state index in [-0.39, 0.29) is 11.8 Å². The predicted molar refractivity (Wildman–Crippen MR) is 98.7 cm³/mol. The molecule has 1 aliphatic rings. The van der Waals surface area contributed by atoms with Crippen LogP contribution in [0.15, 0.2) is 30.3 Å². The number of carbonyl (C=O) groups is 3. The highest BCUT2D eigenvalue weighted by molar-refractivity contribution is 6.00. The largest absolute Gasteiger partial charge is 0.480 e. The summed E-state index contributed by atoms with van der Waals surface area (Å²) >= 11 is 0. The zero-order chi connectivity index (χ0) is 19.2. The average molecular weight is 360 g/mol. The van der Waals surface area contributed by atoms with E-state index in [1.807, 2.05) is 19.9 Å². The number of benzene rings is 1. The lowest BCUT2D eigenvalue weighted by atomic mass is 9.80. The number of carbonyl (C=O) groups excluding carboxylic acids is 2. The molecule has 3 N–H and O–H groups in total. The van der Waals surface area contributed by atoms with Gasteiger partial charge in [0.05, 0.1) is 0 Å². The highest BCUT2D eigenvalue weighted by Crippen LogP contribution is 2.29. The van der Waals surface area contributed by atoms with Crippen LogP contribution in [0.25, 0.3) is 0 Å². The second kappa shape index (κ2) is 8.83. The van der Waals surface area contributed by atoms with Gasteiger partial charge in [-0.3, -0.25) is 9.59 Å². The Morgan fingerprint density at radius 3 is 2.23 bits per heavy atom. The first-order valence-corrected chi connectivity index (χ1v) is 9.25. The van der Waals surface area contributed by atoms with Crippen LogP contribution in [0.3, 0.4) is 0 Å². The van der Waals surface area contributed by atoms with E-state index in [0.29, 0.717) is 24.8 Å². The number of hydrogen-bond acceptors (Lipinski definition) is 3. The minimum Gasteiger partial charge on any atom is -0.480 e. The molecule has 2 amide bonds. The smallest absolute Gasteiger partial charge is 0.326 e. The van der Waals surface area contributed by atoms with E-state index < -0.39 is 23.5 Å². The normalized spacial score (nSPS) is 17.3. The molecule has 0 aliphatic heterocycles. The van der Waals surface area contributed by atoms with Crippen LogP contribution in [0, 0.1) is 5.92 Å². The van der Waals surface area contributed by atoms with Crippen LogP contribution in [0.2, 0.25) is 0 Å². The molecule has 0 heterocycles. The molecule has 0 unspecified atom stereocenters. The zero-order valence-corrected chi connectivity index (χ0v) is 15.5. The molecule has 1 aliphatic carbocycles. The molecule has 1 aromatic carbocycles. The number of nitrogens with one attached hydrogen (secondary N) is 2. The van der Waals surface area contributed by atoms with Gasteiger partial charge in [0.25, 0.3) is 5.91 Å². The maximum absolute atomic E-state index is 13.0. The molecule has 6 heteroatoms. The zero-order valence-electron chi connectivity index (χ0n) is 15.5. The van der Waals surface area contributed by atoms with Crippen molar-refractivity contribution in [1.82, 2.24) is 10.6 Å². The maximum Gasteiger partial charge on any atom is 0.326 e. The van der Waals surface area contributed by atoms with E-state index in [2.05, 4.69) is 10.6 Å². The van der Waals surface area contributed by atoms with Crippen LogP contribution in [0.1, 0.15) is 62.7 Å². The second-order valence-electron chi connectivity index (χ2n) is 7.46.